The van der Waals surface area contributed by atoms with E-state index in [1.807, 2.05) is 38.2 Å². The average molecular weight is 411 g/mol. The molecule has 0 aliphatic heterocycles. The van der Waals surface area contributed by atoms with E-state index in [1.165, 1.54) is 18.2 Å². The molecule has 3 nitrogen and oxygen atoms in total. The van der Waals surface area contributed by atoms with Gasteiger partial charge in [0.1, 0.15) is 17.2 Å². The first kappa shape index (κ1) is 21.7. The quantitative estimate of drug-likeness (QED) is 0.412. The number of halogens is 1. The van der Waals surface area contributed by atoms with Crippen LogP contribution in [0.2, 0.25) is 0 Å². The Balaban J connectivity index is 2.26. The number of nitrogens with zero attached hydrogens (tertiary/aromatic N) is 1. The molecule has 0 fully saturated rings. The van der Waals surface area contributed by atoms with Crippen molar-refractivity contribution < 1.29 is 8.81 Å². The molecule has 0 aliphatic rings. The van der Waals surface area contributed by atoms with Crippen molar-refractivity contribution in [2.24, 2.45) is 0 Å². The van der Waals surface area contributed by atoms with E-state index in [9.17, 15) is 9.18 Å². The average Bonchev–Trinajstić information content (AvgIpc) is 2.78. The second kappa shape index (κ2) is 9.69. The Labute approximate surface area is 180 Å². The van der Waals surface area contributed by atoms with E-state index in [0.717, 1.165) is 17.6 Å². The summed E-state index contributed by atoms with van der Waals surface area (Å²) in [5, 5.41) is 9.36. The van der Waals surface area contributed by atoms with Crippen LogP contribution in [0.1, 0.15) is 31.6 Å². The van der Waals surface area contributed by atoms with Gasteiger partial charge in [-0.3, -0.25) is 4.79 Å². The van der Waals surface area contributed by atoms with Crippen LogP contribution in [0.4, 0.5) is 4.39 Å². The van der Waals surface area contributed by atoms with Crippen LogP contribution in [0.5, 0.6) is 0 Å². The highest BCUT2D eigenvalue weighted by Crippen LogP contribution is 2.27. The van der Waals surface area contributed by atoms with Crippen LogP contribution >= 0.6 is 0 Å². The third-order valence-corrected chi connectivity index (χ3v) is 4.90. The van der Waals surface area contributed by atoms with Crippen LogP contribution < -0.4 is 5.43 Å². The Morgan fingerprint density at radius 1 is 1.23 bits per heavy atom. The minimum atomic E-state index is -0.482. The number of allylic oxidation sites excluding steroid dienone is 6. The fourth-order valence-corrected chi connectivity index (χ4v) is 3.15. The van der Waals surface area contributed by atoms with Crippen molar-refractivity contribution in [3.05, 3.63) is 112 Å². The van der Waals surface area contributed by atoms with Crippen molar-refractivity contribution in [3.63, 3.8) is 0 Å². The Hall–Kier alpha value is -3.97. The van der Waals surface area contributed by atoms with Crippen LogP contribution in [-0.4, -0.2) is 0 Å². The molecule has 0 saturated heterocycles. The van der Waals surface area contributed by atoms with Gasteiger partial charge in [-0.1, -0.05) is 49.9 Å². The van der Waals surface area contributed by atoms with Crippen LogP contribution in [0.3, 0.4) is 0 Å². The number of nitriles is 1. The molecule has 31 heavy (non-hydrogen) atoms. The monoisotopic (exact) mass is 411 g/mol. The second-order valence-corrected chi connectivity index (χ2v) is 6.94. The summed E-state index contributed by atoms with van der Waals surface area (Å²) >= 11 is 0. The Morgan fingerprint density at radius 3 is 2.61 bits per heavy atom. The smallest absolute Gasteiger partial charge is 0.201 e. The standard InChI is InChI=1S/C27H22FNO2/c1-4-6-7-20(18(3)5-2)12-15-24-26(21-10-8-19(17-29)9-11-21)27(30)23-14-13-22(28)16-25(23)31-24/h4,6-16H,3,5H2,1-2H3. The van der Waals surface area contributed by atoms with E-state index in [-0.39, 0.29) is 11.0 Å². The molecule has 0 N–H and O–H groups in total. The molecule has 4 heteroatoms. The van der Waals surface area contributed by atoms with Gasteiger partial charge < -0.3 is 4.42 Å². The fraction of sp³-hybridized carbons (Fsp3) is 0.111. The van der Waals surface area contributed by atoms with Crippen molar-refractivity contribution >= 4 is 17.0 Å². The predicted octanol–water partition coefficient (Wildman–Crippen LogP) is 6.95. The minimum absolute atomic E-state index is 0.176. The molecular weight excluding hydrogens is 389 g/mol. The first-order valence-electron chi connectivity index (χ1n) is 9.94. The summed E-state index contributed by atoms with van der Waals surface area (Å²) < 4.78 is 19.7. The van der Waals surface area contributed by atoms with Crippen LogP contribution in [-0.2, 0) is 0 Å². The molecule has 1 heterocycles. The van der Waals surface area contributed by atoms with Crippen molar-refractivity contribution in [3.8, 4) is 17.2 Å². The largest absolute Gasteiger partial charge is 0.456 e. The predicted molar refractivity (Wildman–Crippen MR) is 124 cm³/mol. The van der Waals surface area contributed by atoms with Gasteiger partial charge in [0.2, 0.25) is 5.43 Å². The van der Waals surface area contributed by atoms with Gasteiger partial charge in [0.25, 0.3) is 0 Å². The highest BCUT2D eigenvalue weighted by molar-refractivity contribution is 5.85. The van der Waals surface area contributed by atoms with Crippen molar-refractivity contribution in [1.82, 2.24) is 0 Å². The van der Waals surface area contributed by atoms with Crippen LogP contribution in [0, 0.1) is 17.1 Å². The van der Waals surface area contributed by atoms with E-state index in [2.05, 4.69) is 12.6 Å². The molecule has 3 rings (SSSR count). The third kappa shape index (κ3) is 4.79. The Kier molecular flexibility index (Phi) is 6.79. The molecule has 3 aromatic rings. The number of hydrogen-bond acceptors (Lipinski definition) is 3. The number of rotatable bonds is 6. The molecule has 0 bridgehead atoms. The molecule has 0 amide bonds. The second-order valence-electron chi connectivity index (χ2n) is 6.94. The molecule has 0 aliphatic carbocycles. The zero-order valence-corrected chi connectivity index (χ0v) is 17.5. The number of hydrogen-bond donors (Lipinski definition) is 0. The van der Waals surface area contributed by atoms with Gasteiger partial charge in [-0.25, -0.2) is 4.39 Å². The zero-order chi connectivity index (χ0) is 22.4. The lowest BCUT2D eigenvalue weighted by Gasteiger charge is -2.09. The van der Waals surface area contributed by atoms with Gasteiger partial charge in [-0.2, -0.15) is 5.26 Å². The van der Waals surface area contributed by atoms with Gasteiger partial charge in [0.05, 0.1) is 22.6 Å². The van der Waals surface area contributed by atoms with Crippen molar-refractivity contribution in [1.29, 1.82) is 5.26 Å². The van der Waals surface area contributed by atoms with Gasteiger partial charge in [-0.05, 0) is 60.4 Å². The van der Waals surface area contributed by atoms with E-state index in [1.54, 1.807) is 30.3 Å². The lowest BCUT2D eigenvalue weighted by molar-refractivity contribution is 0.581. The zero-order valence-electron chi connectivity index (χ0n) is 17.5. The molecule has 1 aromatic heterocycles. The summed E-state index contributed by atoms with van der Waals surface area (Å²) in [6.07, 6.45) is 10.1. The molecule has 154 valence electrons. The van der Waals surface area contributed by atoms with Crippen LogP contribution in [0.25, 0.3) is 28.2 Å². The fourth-order valence-electron chi connectivity index (χ4n) is 3.15. The first-order chi connectivity index (χ1) is 15.0. The number of fused-ring (bicyclic) bond motifs is 1. The SMILES string of the molecule is C=C(CC)C(C=Cc1oc2cc(F)ccc2c(=O)c1-c1ccc(C#N)cc1)=CC=CC. The summed E-state index contributed by atoms with van der Waals surface area (Å²) in [7, 11) is 0. The normalized spacial score (nSPS) is 12.0. The molecule has 0 spiro atoms. The number of benzene rings is 2. The van der Waals surface area contributed by atoms with Crippen molar-refractivity contribution in [2.75, 3.05) is 0 Å². The third-order valence-electron chi connectivity index (χ3n) is 4.90. The van der Waals surface area contributed by atoms with Gasteiger partial charge in [0.15, 0.2) is 0 Å². The molecule has 2 aromatic carbocycles. The lowest BCUT2D eigenvalue weighted by atomic mass is 9.99. The van der Waals surface area contributed by atoms with Crippen LogP contribution in [0.15, 0.2) is 93.7 Å². The van der Waals surface area contributed by atoms with Gasteiger partial charge >= 0.3 is 0 Å². The topological polar surface area (TPSA) is 54.0 Å². The van der Waals surface area contributed by atoms with Gasteiger partial charge in [-0.15, -0.1) is 0 Å². The van der Waals surface area contributed by atoms with E-state index < -0.39 is 5.82 Å². The Morgan fingerprint density at radius 2 is 1.97 bits per heavy atom. The van der Waals surface area contributed by atoms with E-state index >= 15 is 0 Å². The Bertz CT molecular complexity index is 1320. The minimum Gasteiger partial charge on any atom is -0.456 e. The molecule has 0 saturated carbocycles. The molecule has 0 radical (unpaired) electrons. The van der Waals surface area contributed by atoms with E-state index in [4.69, 9.17) is 9.68 Å². The maximum Gasteiger partial charge on any atom is 0.201 e. The summed E-state index contributed by atoms with van der Waals surface area (Å²) in [4.78, 5) is 13.3. The summed E-state index contributed by atoms with van der Waals surface area (Å²) in [5.41, 5.74) is 3.20. The first-order valence-corrected chi connectivity index (χ1v) is 9.94. The maximum atomic E-state index is 13.8. The molecule has 0 atom stereocenters. The highest BCUT2D eigenvalue weighted by atomic mass is 19.1. The van der Waals surface area contributed by atoms with E-state index in [0.29, 0.717) is 27.8 Å². The lowest BCUT2D eigenvalue weighted by Crippen LogP contribution is -2.07. The summed E-state index contributed by atoms with van der Waals surface area (Å²) in [6, 6.07) is 12.6. The van der Waals surface area contributed by atoms with Gasteiger partial charge in [0, 0.05) is 6.07 Å². The summed E-state index contributed by atoms with van der Waals surface area (Å²) in [6.45, 7) is 8.03. The van der Waals surface area contributed by atoms with Crippen molar-refractivity contribution in [2.45, 2.75) is 20.3 Å². The summed E-state index contributed by atoms with van der Waals surface area (Å²) in [5.74, 6) is -0.173. The highest BCUT2D eigenvalue weighted by Gasteiger charge is 2.15. The molecular formula is C27H22FNO2. The molecule has 0 unspecified atom stereocenters. The maximum absolute atomic E-state index is 13.8.